The molecule has 12 nitrogen and oxygen atoms in total. The minimum atomic E-state index is -1.39. The summed E-state index contributed by atoms with van der Waals surface area (Å²) in [4.78, 5) is 51.9. The first-order valence-electron chi connectivity index (χ1n) is 14.1. The molecule has 2 aliphatic heterocycles. The second-order valence-electron chi connectivity index (χ2n) is 10.2. The van der Waals surface area contributed by atoms with Crippen molar-refractivity contribution in [2.45, 2.75) is 31.5 Å². The highest BCUT2D eigenvalue weighted by Gasteiger charge is 2.43. The monoisotopic (exact) mass is 617 g/mol. The lowest BCUT2D eigenvalue weighted by atomic mass is 9.93. The number of benzene rings is 2. The Kier molecular flexibility index (Phi) is 11.6. The van der Waals surface area contributed by atoms with Crippen molar-refractivity contribution >= 4 is 23.7 Å². The SMILES string of the molecule is COCC1=C(C(=O)OC)C(c2ccc(F)c(F)c2)N(C(=O)NCCNC2CCN(c3ccc(COOC)cc3)CC2)C(=O)N1. The third kappa shape index (κ3) is 7.88. The van der Waals surface area contributed by atoms with Gasteiger partial charge in [0, 0.05) is 45.0 Å². The number of piperidine rings is 1. The Balaban J connectivity index is 1.36. The molecule has 2 aromatic carbocycles. The lowest BCUT2D eigenvalue weighted by molar-refractivity contribution is -0.282. The standard InChI is InChI=1S/C30H37F2N5O7/c1-41-18-25-26(28(38)42-2)27(20-6-9-23(31)24(32)16-20)37(30(40)35-25)29(39)34-13-12-33-21-10-14-36(15-11-21)22-7-4-19(5-8-22)17-44-43-3/h4-9,16,21,27,33H,10-15,17-18H2,1-3H3,(H,34,39)(H,35,40). The smallest absolute Gasteiger partial charge is 0.338 e. The predicted octanol–water partition coefficient (Wildman–Crippen LogP) is 3.15. The molecule has 0 aliphatic carbocycles. The average Bonchev–Trinajstić information content (AvgIpc) is 3.03. The third-order valence-electron chi connectivity index (χ3n) is 7.48. The predicted molar refractivity (Wildman–Crippen MR) is 155 cm³/mol. The number of nitrogens with one attached hydrogen (secondary N) is 3. The first kappa shape index (κ1) is 32.8. The van der Waals surface area contributed by atoms with Crippen LogP contribution in [-0.4, -0.2) is 83.1 Å². The zero-order chi connectivity index (χ0) is 31.6. The van der Waals surface area contributed by atoms with Gasteiger partial charge in [-0.1, -0.05) is 18.2 Å². The van der Waals surface area contributed by atoms with E-state index in [1.165, 1.54) is 20.3 Å². The molecule has 14 heteroatoms. The van der Waals surface area contributed by atoms with Crippen LogP contribution in [0, 0.1) is 11.6 Å². The van der Waals surface area contributed by atoms with E-state index in [0.717, 1.165) is 61.3 Å². The fraction of sp³-hybridized carbons (Fsp3) is 0.433. The molecule has 1 unspecified atom stereocenters. The normalized spacial score (nSPS) is 17.5. The number of carbonyl (C=O) groups excluding carboxylic acids is 3. The van der Waals surface area contributed by atoms with Crippen molar-refractivity contribution in [3.05, 3.63) is 76.5 Å². The van der Waals surface area contributed by atoms with Crippen molar-refractivity contribution in [1.29, 1.82) is 0 Å². The van der Waals surface area contributed by atoms with Gasteiger partial charge in [-0.3, -0.25) is 0 Å². The van der Waals surface area contributed by atoms with Gasteiger partial charge in [-0.05, 0) is 48.2 Å². The molecule has 0 saturated carbocycles. The molecule has 0 bridgehead atoms. The first-order valence-corrected chi connectivity index (χ1v) is 14.1. The molecule has 0 aromatic heterocycles. The molecule has 2 aliphatic rings. The van der Waals surface area contributed by atoms with Crippen molar-refractivity contribution in [2.75, 3.05) is 59.0 Å². The fourth-order valence-corrected chi connectivity index (χ4v) is 5.28. The number of urea groups is 2. The number of hydrogen-bond donors (Lipinski definition) is 3. The summed E-state index contributed by atoms with van der Waals surface area (Å²) in [5.74, 6) is -3.18. The molecule has 2 aromatic rings. The van der Waals surface area contributed by atoms with Crippen molar-refractivity contribution < 1.29 is 42.4 Å². The maximum atomic E-state index is 14.2. The Labute approximate surface area is 254 Å². The minimum absolute atomic E-state index is 0.00531. The van der Waals surface area contributed by atoms with Gasteiger partial charge in [-0.25, -0.2) is 37.8 Å². The van der Waals surface area contributed by atoms with Crippen LogP contribution in [0.5, 0.6) is 0 Å². The van der Waals surface area contributed by atoms with Gasteiger partial charge >= 0.3 is 18.0 Å². The quantitative estimate of drug-likeness (QED) is 0.142. The van der Waals surface area contributed by atoms with Crippen molar-refractivity contribution in [3.8, 4) is 0 Å². The second kappa shape index (κ2) is 15.6. The van der Waals surface area contributed by atoms with Crippen LogP contribution >= 0.6 is 0 Å². The summed E-state index contributed by atoms with van der Waals surface area (Å²) in [7, 11) is 3.96. The maximum Gasteiger partial charge on any atom is 0.338 e. The largest absolute Gasteiger partial charge is 0.466 e. The second-order valence-corrected chi connectivity index (χ2v) is 10.2. The van der Waals surface area contributed by atoms with Gasteiger partial charge in [0.05, 0.1) is 32.1 Å². The number of halogens is 2. The van der Waals surface area contributed by atoms with Gasteiger partial charge in [0.25, 0.3) is 0 Å². The molecular weight excluding hydrogens is 580 g/mol. The molecule has 1 fully saturated rings. The Bertz CT molecular complexity index is 1350. The molecule has 0 spiro atoms. The van der Waals surface area contributed by atoms with E-state index in [-0.39, 0.29) is 36.0 Å². The van der Waals surface area contributed by atoms with Crippen LogP contribution in [0.3, 0.4) is 0 Å². The van der Waals surface area contributed by atoms with Gasteiger partial charge in [0.1, 0.15) is 12.6 Å². The van der Waals surface area contributed by atoms with E-state index in [1.807, 2.05) is 12.1 Å². The summed E-state index contributed by atoms with van der Waals surface area (Å²) in [6, 6.07) is 8.17. The van der Waals surface area contributed by atoms with E-state index in [0.29, 0.717) is 13.2 Å². The Morgan fingerprint density at radius 1 is 0.977 bits per heavy atom. The zero-order valence-electron chi connectivity index (χ0n) is 24.9. The molecule has 44 heavy (non-hydrogen) atoms. The molecular formula is C30H37F2N5O7. The summed E-state index contributed by atoms with van der Waals surface area (Å²) in [6.07, 6.45) is 1.79. The number of methoxy groups -OCH3 is 2. The Hall–Kier alpha value is -4.11. The van der Waals surface area contributed by atoms with Crippen molar-refractivity contribution in [3.63, 3.8) is 0 Å². The van der Waals surface area contributed by atoms with Gasteiger partial charge in [0.2, 0.25) is 0 Å². The lowest BCUT2D eigenvalue weighted by Gasteiger charge is -2.37. The highest BCUT2D eigenvalue weighted by atomic mass is 19.2. The summed E-state index contributed by atoms with van der Waals surface area (Å²) in [5.41, 5.74) is 2.05. The van der Waals surface area contributed by atoms with Crippen LogP contribution in [0.4, 0.5) is 24.1 Å². The number of carbonyl (C=O) groups is 3. The average molecular weight is 618 g/mol. The number of nitrogens with zero attached hydrogens (tertiary/aromatic N) is 2. The van der Waals surface area contributed by atoms with E-state index < -0.39 is 35.7 Å². The summed E-state index contributed by atoms with van der Waals surface area (Å²) < 4.78 is 38.0. The molecule has 3 N–H and O–H groups in total. The topological polar surface area (TPSA) is 131 Å². The number of rotatable bonds is 12. The van der Waals surface area contributed by atoms with Crippen molar-refractivity contribution in [1.82, 2.24) is 20.9 Å². The van der Waals surface area contributed by atoms with E-state index in [1.54, 1.807) is 0 Å². The number of imide groups is 1. The first-order chi connectivity index (χ1) is 21.3. The molecule has 4 amide bonds. The number of anilines is 1. The molecule has 1 atom stereocenters. The lowest BCUT2D eigenvalue weighted by Crippen LogP contribution is -2.56. The van der Waals surface area contributed by atoms with Crippen molar-refractivity contribution in [2.24, 2.45) is 0 Å². The number of esters is 1. The molecule has 0 radical (unpaired) electrons. The highest BCUT2D eigenvalue weighted by Crippen LogP contribution is 2.35. The van der Waals surface area contributed by atoms with Crippen LogP contribution < -0.4 is 20.9 Å². The van der Waals surface area contributed by atoms with E-state index in [4.69, 9.17) is 14.4 Å². The van der Waals surface area contributed by atoms with Crippen LogP contribution in [0.2, 0.25) is 0 Å². The van der Waals surface area contributed by atoms with Crippen LogP contribution in [0.25, 0.3) is 0 Å². The van der Waals surface area contributed by atoms with E-state index in [2.05, 4.69) is 37.9 Å². The summed E-state index contributed by atoms with van der Waals surface area (Å²) >= 11 is 0. The van der Waals surface area contributed by atoms with Gasteiger partial charge < -0.3 is 30.3 Å². The molecule has 1 saturated heterocycles. The van der Waals surface area contributed by atoms with Gasteiger partial charge in [-0.15, -0.1) is 0 Å². The Morgan fingerprint density at radius 3 is 2.34 bits per heavy atom. The molecule has 238 valence electrons. The fourth-order valence-electron chi connectivity index (χ4n) is 5.28. The number of amides is 4. The third-order valence-corrected chi connectivity index (χ3v) is 7.48. The molecule has 4 rings (SSSR count). The van der Waals surface area contributed by atoms with E-state index in [9.17, 15) is 23.2 Å². The van der Waals surface area contributed by atoms with Crippen LogP contribution in [0.15, 0.2) is 53.7 Å². The Morgan fingerprint density at radius 2 is 1.70 bits per heavy atom. The van der Waals surface area contributed by atoms with Gasteiger partial charge in [0.15, 0.2) is 11.6 Å². The summed E-state index contributed by atoms with van der Waals surface area (Å²) in [5, 5.41) is 8.61. The number of hydrogen-bond acceptors (Lipinski definition) is 9. The maximum absolute atomic E-state index is 14.2. The minimum Gasteiger partial charge on any atom is -0.466 e. The zero-order valence-corrected chi connectivity index (χ0v) is 24.9. The van der Waals surface area contributed by atoms with Crippen LogP contribution in [-0.2, 0) is 30.7 Å². The summed E-state index contributed by atoms with van der Waals surface area (Å²) in [6.45, 7) is 2.49. The molecule has 2 heterocycles. The highest BCUT2D eigenvalue weighted by molar-refractivity contribution is 6.01. The van der Waals surface area contributed by atoms with E-state index >= 15 is 0 Å². The van der Waals surface area contributed by atoms with Crippen LogP contribution in [0.1, 0.15) is 30.0 Å². The number of ether oxygens (including phenoxy) is 2. The van der Waals surface area contributed by atoms with Gasteiger partial charge in [-0.2, -0.15) is 0 Å².